The van der Waals surface area contributed by atoms with Crippen molar-refractivity contribution < 1.29 is 18.0 Å². The number of amides is 2. The zero-order valence-corrected chi connectivity index (χ0v) is 21.1. The molecule has 33 heavy (non-hydrogen) atoms. The average Bonchev–Trinajstić information content (AvgIpc) is 2.77. The van der Waals surface area contributed by atoms with Crippen molar-refractivity contribution in [1.82, 2.24) is 10.2 Å². The Morgan fingerprint density at radius 3 is 2.27 bits per heavy atom. The molecule has 0 aliphatic rings. The van der Waals surface area contributed by atoms with E-state index in [1.807, 2.05) is 38.1 Å². The van der Waals surface area contributed by atoms with E-state index >= 15 is 0 Å². The van der Waals surface area contributed by atoms with Gasteiger partial charge in [0.15, 0.2) is 0 Å². The van der Waals surface area contributed by atoms with E-state index in [-0.39, 0.29) is 31.3 Å². The van der Waals surface area contributed by atoms with Crippen molar-refractivity contribution in [2.45, 2.75) is 45.7 Å². The number of aryl methyl sites for hydroxylation is 1. The second-order valence-electron chi connectivity index (χ2n) is 7.93. The quantitative estimate of drug-likeness (QED) is 0.516. The van der Waals surface area contributed by atoms with Crippen LogP contribution in [0.15, 0.2) is 48.5 Å². The highest BCUT2D eigenvalue weighted by molar-refractivity contribution is 7.92. The third kappa shape index (κ3) is 7.47. The third-order valence-corrected chi connectivity index (χ3v) is 6.97. The molecule has 2 amide bonds. The van der Waals surface area contributed by atoms with Crippen molar-refractivity contribution in [2.24, 2.45) is 0 Å². The molecule has 0 aliphatic heterocycles. The molecule has 0 aliphatic carbocycles. The molecule has 9 heteroatoms. The molecule has 7 nitrogen and oxygen atoms in total. The van der Waals surface area contributed by atoms with E-state index < -0.39 is 16.1 Å². The second-order valence-corrected chi connectivity index (χ2v) is 10.2. The lowest BCUT2D eigenvalue weighted by atomic mass is 10.1. The van der Waals surface area contributed by atoms with Gasteiger partial charge in [0.25, 0.3) is 0 Å². The van der Waals surface area contributed by atoms with Gasteiger partial charge in [0.1, 0.15) is 6.04 Å². The summed E-state index contributed by atoms with van der Waals surface area (Å²) in [4.78, 5) is 27.2. The Labute approximate surface area is 201 Å². The SMILES string of the molecule is CC[C@@H](C(=O)NC)N(Cc1ccccc1Cl)C(=O)CCCN(c1ccc(C)cc1)S(C)(=O)=O. The molecule has 1 atom stereocenters. The number of nitrogens with zero attached hydrogens (tertiary/aromatic N) is 2. The highest BCUT2D eigenvalue weighted by Gasteiger charge is 2.28. The van der Waals surface area contributed by atoms with Crippen molar-refractivity contribution in [1.29, 1.82) is 0 Å². The first kappa shape index (κ1) is 26.7. The molecule has 2 rings (SSSR count). The lowest BCUT2D eigenvalue weighted by molar-refractivity contribution is -0.141. The lowest BCUT2D eigenvalue weighted by Crippen LogP contribution is -2.48. The maximum Gasteiger partial charge on any atom is 0.242 e. The molecule has 0 aromatic heterocycles. The van der Waals surface area contributed by atoms with Crippen LogP contribution in [0.2, 0.25) is 5.02 Å². The molecule has 0 bridgehead atoms. The van der Waals surface area contributed by atoms with Crippen LogP contribution in [-0.2, 0) is 26.2 Å². The highest BCUT2D eigenvalue weighted by Crippen LogP contribution is 2.22. The Morgan fingerprint density at radius 1 is 1.09 bits per heavy atom. The van der Waals surface area contributed by atoms with Crippen LogP contribution < -0.4 is 9.62 Å². The van der Waals surface area contributed by atoms with Crippen molar-refractivity contribution in [3.05, 3.63) is 64.7 Å². The van der Waals surface area contributed by atoms with Crippen LogP contribution in [0.3, 0.4) is 0 Å². The Balaban J connectivity index is 2.19. The van der Waals surface area contributed by atoms with Crippen LogP contribution in [0.25, 0.3) is 0 Å². The van der Waals surface area contributed by atoms with Crippen molar-refractivity contribution >= 4 is 39.1 Å². The van der Waals surface area contributed by atoms with E-state index in [1.54, 1.807) is 24.3 Å². The van der Waals surface area contributed by atoms with Gasteiger partial charge in [-0.1, -0.05) is 54.4 Å². The molecule has 0 saturated heterocycles. The summed E-state index contributed by atoms with van der Waals surface area (Å²) in [6.45, 7) is 4.12. The number of nitrogens with one attached hydrogen (secondary N) is 1. The Kier molecular flexibility index (Phi) is 9.73. The molecule has 0 radical (unpaired) electrons. The van der Waals surface area contributed by atoms with E-state index in [4.69, 9.17) is 11.6 Å². The van der Waals surface area contributed by atoms with E-state index in [9.17, 15) is 18.0 Å². The maximum atomic E-state index is 13.2. The number of sulfonamides is 1. The zero-order valence-electron chi connectivity index (χ0n) is 19.5. The standard InChI is InChI=1S/C24H32ClN3O4S/c1-5-22(24(30)26-3)27(17-19-9-6-7-10-21(19)25)23(29)11-8-16-28(33(4,31)32)20-14-12-18(2)13-15-20/h6-7,9-10,12-15,22H,5,8,11,16-17H2,1-4H3,(H,26,30)/t22-/m0/s1. The Hall–Kier alpha value is -2.58. The summed E-state index contributed by atoms with van der Waals surface area (Å²) in [6, 6.07) is 13.7. The van der Waals surface area contributed by atoms with Crippen LogP contribution in [0.4, 0.5) is 5.69 Å². The molecule has 2 aromatic carbocycles. The summed E-state index contributed by atoms with van der Waals surface area (Å²) in [5, 5.41) is 3.14. The van der Waals surface area contributed by atoms with Crippen molar-refractivity contribution in [2.75, 3.05) is 24.2 Å². The number of rotatable bonds is 11. The van der Waals surface area contributed by atoms with Crippen LogP contribution >= 0.6 is 11.6 Å². The highest BCUT2D eigenvalue weighted by atomic mass is 35.5. The molecule has 1 N–H and O–H groups in total. The molecule has 0 unspecified atom stereocenters. The minimum atomic E-state index is -3.51. The van der Waals surface area contributed by atoms with Crippen LogP contribution in [0.1, 0.15) is 37.3 Å². The average molecular weight is 494 g/mol. The molecule has 0 heterocycles. The van der Waals surface area contributed by atoms with Gasteiger partial charge in [0, 0.05) is 31.6 Å². The summed E-state index contributed by atoms with van der Waals surface area (Å²) in [5.74, 6) is -0.488. The summed E-state index contributed by atoms with van der Waals surface area (Å²) < 4.78 is 26.0. The monoisotopic (exact) mass is 493 g/mol. The Bertz CT molecular complexity index is 1060. The third-order valence-electron chi connectivity index (χ3n) is 5.40. The number of carbonyl (C=O) groups is 2. The number of likely N-dealkylation sites (N-methyl/N-ethyl adjacent to an activating group) is 1. The van der Waals surface area contributed by atoms with E-state index in [2.05, 4.69) is 5.32 Å². The number of benzene rings is 2. The maximum absolute atomic E-state index is 13.2. The van der Waals surface area contributed by atoms with Gasteiger partial charge in [0.2, 0.25) is 21.8 Å². The fraction of sp³-hybridized carbons (Fsp3) is 0.417. The topological polar surface area (TPSA) is 86.8 Å². The lowest BCUT2D eigenvalue weighted by Gasteiger charge is -2.31. The van der Waals surface area contributed by atoms with E-state index in [0.29, 0.717) is 23.6 Å². The summed E-state index contributed by atoms with van der Waals surface area (Å²) in [7, 11) is -1.98. The van der Waals surface area contributed by atoms with Gasteiger partial charge in [-0.15, -0.1) is 0 Å². The van der Waals surface area contributed by atoms with Gasteiger partial charge in [0.05, 0.1) is 11.9 Å². The van der Waals surface area contributed by atoms with Gasteiger partial charge < -0.3 is 10.2 Å². The first-order chi connectivity index (χ1) is 15.6. The van der Waals surface area contributed by atoms with Gasteiger partial charge in [-0.05, 0) is 43.5 Å². The van der Waals surface area contributed by atoms with Crippen molar-refractivity contribution in [3.8, 4) is 0 Å². The van der Waals surface area contributed by atoms with Gasteiger partial charge in [-0.2, -0.15) is 0 Å². The van der Waals surface area contributed by atoms with E-state index in [0.717, 1.165) is 17.4 Å². The summed E-state index contributed by atoms with van der Waals surface area (Å²) in [6.07, 6.45) is 1.99. The molecule has 2 aromatic rings. The number of carbonyl (C=O) groups excluding carboxylic acids is 2. The fourth-order valence-electron chi connectivity index (χ4n) is 3.61. The molecule has 180 valence electrons. The van der Waals surface area contributed by atoms with Crippen LogP contribution in [-0.4, -0.2) is 51.0 Å². The predicted molar refractivity (Wildman–Crippen MR) is 133 cm³/mol. The number of halogens is 1. The minimum absolute atomic E-state index is 0.0931. The second kappa shape index (κ2) is 12.0. The molecule has 0 saturated carbocycles. The summed E-state index contributed by atoms with van der Waals surface area (Å²) in [5.41, 5.74) is 2.32. The first-order valence-electron chi connectivity index (χ1n) is 10.9. The van der Waals surface area contributed by atoms with Gasteiger partial charge >= 0.3 is 0 Å². The van der Waals surface area contributed by atoms with Crippen LogP contribution in [0, 0.1) is 6.92 Å². The molecule has 0 fully saturated rings. The van der Waals surface area contributed by atoms with E-state index in [1.165, 1.54) is 16.3 Å². The smallest absolute Gasteiger partial charge is 0.242 e. The molecular weight excluding hydrogens is 462 g/mol. The number of hydrogen-bond donors (Lipinski definition) is 1. The zero-order chi connectivity index (χ0) is 24.6. The molecule has 0 spiro atoms. The minimum Gasteiger partial charge on any atom is -0.357 e. The summed E-state index contributed by atoms with van der Waals surface area (Å²) >= 11 is 6.30. The number of anilines is 1. The fourth-order valence-corrected chi connectivity index (χ4v) is 4.77. The largest absolute Gasteiger partial charge is 0.357 e. The van der Waals surface area contributed by atoms with Crippen LogP contribution in [0.5, 0.6) is 0 Å². The first-order valence-corrected chi connectivity index (χ1v) is 13.1. The van der Waals surface area contributed by atoms with Crippen molar-refractivity contribution in [3.63, 3.8) is 0 Å². The van der Waals surface area contributed by atoms with Gasteiger partial charge in [-0.3, -0.25) is 13.9 Å². The predicted octanol–water partition coefficient (Wildman–Crippen LogP) is 3.75. The normalized spacial score (nSPS) is 12.2. The van der Waals surface area contributed by atoms with Gasteiger partial charge in [-0.25, -0.2) is 8.42 Å². The Morgan fingerprint density at radius 2 is 1.73 bits per heavy atom. The number of hydrogen-bond acceptors (Lipinski definition) is 4. The molecular formula is C24H32ClN3O4S.